The van der Waals surface area contributed by atoms with Gasteiger partial charge in [-0.25, -0.2) is 0 Å². The average molecular weight is 385 g/mol. The van der Waals surface area contributed by atoms with Gasteiger partial charge in [-0.1, -0.05) is 36.4 Å². The highest BCUT2D eigenvalue weighted by Gasteiger charge is 2.46. The number of nitrogens with zero attached hydrogens (tertiary/aromatic N) is 1. The molecule has 1 fully saturated rings. The fraction of sp³-hybridized carbons (Fsp3) is 0.217. The van der Waals surface area contributed by atoms with Crippen molar-refractivity contribution in [2.24, 2.45) is 0 Å². The number of para-hydroxylation sites is 2. The van der Waals surface area contributed by atoms with Gasteiger partial charge in [-0.15, -0.1) is 0 Å². The number of imide groups is 1. The van der Waals surface area contributed by atoms with Gasteiger partial charge in [0.2, 0.25) is 11.8 Å². The number of carbonyl (C=O) groups is 2. The third kappa shape index (κ3) is 2.20. The molecule has 4 aromatic rings. The number of fused-ring (bicyclic) bond motifs is 1. The number of carbonyl (C=O) groups excluding carboxylic acids is 2. The number of H-pyrrole nitrogens is 1. The van der Waals surface area contributed by atoms with Crippen LogP contribution < -0.4 is 5.32 Å². The molecule has 0 unspecified atom stereocenters. The topological polar surface area (TPSA) is 87.1 Å². The van der Waals surface area contributed by atoms with E-state index in [4.69, 9.17) is 0 Å². The molecule has 3 N–H and O–H groups in total. The van der Waals surface area contributed by atoms with E-state index in [0.717, 1.165) is 38.5 Å². The lowest BCUT2D eigenvalue weighted by Crippen LogP contribution is -2.21. The second kappa shape index (κ2) is 5.81. The standard InChI is InChI=1S/C23H19N3O3/c27-18-8-9-26-11-16(13-5-3-6-14(18)21(13)26)20-19(22(28)25-23(20)29)15-10-24-17-7-2-1-4-12(15)17/h1-7,10-11,18-20,24,27H,8-9H2,(H,25,28,29)/t18-,19+,20+/m0/s1. The van der Waals surface area contributed by atoms with E-state index in [1.807, 2.05) is 54.9 Å². The van der Waals surface area contributed by atoms with Gasteiger partial charge in [-0.05, 0) is 23.6 Å². The van der Waals surface area contributed by atoms with Crippen LogP contribution in [0.15, 0.2) is 54.9 Å². The maximum absolute atomic E-state index is 12.9. The number of rotatable bonds is 2. The number of amides is 2. The number of aromatic amines is 1. The highest BCUT2D eigenvalue weighted by atomic mass is 16.3. The summed E-state index contributed by atoms with van der Waals surface area (Å²) in [6.45, 7) is 0.689. The number of aryl methyl sites for hydroxylation is 1. The summed E-state index contributed by atoms with van der Waals surface area (Å²) >= 11 is 0. The lowest BCUT2D eigenvalue weighted by molar-refractivity contribution is -0.125. The van der Waals surface area contributed by atoms with Gasteiger partial charge in [0.15, 0.2) is 0 Å². The molecular weight excluding hydrogens is 366 g/mol. The van der Waals surface area contributed by atoms with Crippen LogP contribution in [0.1, 0.15) is 41.1 Å². The maximum atomic E-state index is 12.9. The van der Waals surface area contributed by atoms with Gasteiger partial charge in [0.25, 0.3) is 0 Å². The van der Waals surface area contributed by atoms with E-state index in [1.54, 1.807) is 0 Å². The number of aromatic nitrogens is 2. The summed E-state index contributed by atoms with van der Waals surface area (Å²) in [4.78, 5) is 29.0. The van der Waals surface area contributed by atoms with Crippen LogP contribution in [0.2, 0.25) is 0 Å². The minimum absolute atomic E-state index is 0.267. The zero-order valence-electron chi connectivity index (χ0n) is 15.6. The first-order valence-electron chi connectivity index (χ1n) is 9.84. The highest BCUT2D eigenvalue weighted by molar-refractivity contribution is 6.13. The van der Waals surface area contributed by atoms with Crippen molar-refractivity contribution < 1.29 is 14.7 Å². The molecule has 6 heteroatoms. The third-order valence-electron chi connectivity index (χ3n) is 6.40. The first kappa shape index (κ1) is 16.6. The molecule has 0 bridgehead atoms. The molecule has 6 nitrogen and oxygen atoms in total. The van der Waals surface area contributed by atoms with Crippen molar-refractivity contribution in [1.29, 1.82) is 0 Å². The number of benzene rings is 2. The largest absolute Gasteiger partial charge is 0.388 e. The minimum Gasteiger partial charge on any atom is -0.388 e. The van der Waals surface area contributed by atoms with E-state index >= 15 is 0 Å². The predicted octanol–water partition coefficient (Wildman–Crippen LogP) is 3.08. The van der Waals surface area contributed by atoms with Gasteiger partial charge >= 0.3 is 0 Å². The molecule has 3 atom stereocenters. The van der Waals surface area contributed by atoms with Crippen LogP contribution >= 0.6 is 0 Å². The zero-order chi connectivity index (χ0) is 19.7. The summed E-state index contributed by atoms with van der Waals surface area (Å²) < 4.78 is 2.11. The maximum Gasteiger partial charge on any atom is 0.235 e. The van der Waals surface area contributed by atoms with Crippen molar-refractivity contribution in [2.75, 3.05) is 0 Å². The zero-order valence-corrected chi connectivity index (χ0v) is 15.6. The fourth-order valence-electron chi connectivity index (χ4n) is 5.10. The third-order valence-corrected chi connectivity index (χ3v) is 6.40. The molecule has 0 saturated carbocycles. The van der Waals surface area contributed by atoms with E-state index in [1.165, 1.54) is 0 Å². The normalized spacial score (nSPS) is 23.8. The lowest BCUT2D eigenvalue weighted by atomic mass is 9.82. The monoisotopic (exact) mass is 385 g/mol. The van der Waals surface area contributed by atoms with Crippen LogP contribution in [-0.4, -0.2) is 26.5 Å². The first-order valence-corrected chi connectivity index (χ1v) is 9.84. The van der Waals surface area contributed by atoms with E-state index in [-0.39, 0.29) is 11.8 Å². The lowest BCUT2D eigenvalue weighted by Gasteiger charge is -2.20. The van der Waals surface area contributed by atoms with Crippen molar-refractivity contribution in [3.8, 4) is 0 Å². The summed E-state index contributed by atoms with van der Waals surface area (Å²) in [7, 11) is 0. The number of aliphatic hydroxyl groups excluding tert-OH is 1. The molecule has 2 aliphatic heterocycles. The Labute approximate surface area is 166 Å². The fourth-order valence-corrected chi connectivity index (χ4v) is 5.10. The van der Waals surface area contributed by atoms with Crippen LogP contribution in [0.25, 0.3) is 21.8 Å². The molecular formula is C23H19N3O3. The van der Waals surface area contributed by atoms with E-state index in [2.05, 4.69) is 14.9 Å². The van der Waals surface area contributed by atoms with Gasteiger partial charge in [0.1, 0.15) is 0 Å². The first-order chi connectivity index (χ1) is 14.1. The Morgan fingerprint density at radius 1 is 0.897 bits per heavy atom. The number of hydrogen-bond donors (Lipinski definition) is 3. The number of nitrogens with one attached hydrogen (secondary N) is 2. The molecule has 0 spiro atoms. The number of hydrogen-bond acceptors (Lipinski definition) is 3. The Hall–Kier alpha value is -3.38. The van der Waals surface area contributed by atoms with Crippen molar-refractivity contribution in [1.82, 2.24) is 14.9 Å². The molecule has 0 radical (unpaired) electrons. The summed E-state index contributed by atoms with van der Waals surface area (Å²) in [6.07, 6.45) is 3.97. The van der Waals surface area contributed by atoms with Gasteiger partial charge in [-0.3, -0.25) is 14.9 Å². The Morgan fingerprint density at radius 2 is 1.66 bits per heavy atom. The average Bonchev–Trinajstić information content (AvgIpc) is 3.38. The van der Waals surface area contributed by atoms with Crippen LogP contribution in [0.4, 0.5) is 0 Å². The molecule has 144 valence electrons. The highest BCUT2D eigenvalue weighted by Crippen LogP contribution is 2.45. The van der Waals surface area contributed by atoms with Gasteiger partial charge in [-0.2, -0.15) is 0 Å². The summed E-state index contributed by atoms with van der Waals surface area (Å²) in [6, 6.07) is 13.6. The molecule has 1 saturated heterocycles. The molecule has 2 aromatic heterocycles. The molecule has 2 amide bonds. The Bertz CT molecular complexity index is 1320. The summed E-state index contributed by atoms with van der Waals surface area (Å²) in [5.74, 6) is -1.73. The number of aliphatic hydroxyl groups is 1. The van der Waals surface area contributed by atoms with E-state index in [9.17, 15) is 14.7 Å². The second-order valence-corrected chi connectivity index (χ2v) is 7.92. The van der Waals surface area contributed by atoms with Gasteiger partial charge in [0.05, 0.1) is 23.5 Å². The molecule has 2 aromatic carbocycles. The Balaban J connectivity index is 1.58. The molecule has 0 aliphatic carbocycles. The van der Waals surface area contributed by atoms with Gasteiger partial charge < -0.3 is 14.7 Å². The van der Waals surface area contributed by atoms with E-state index < -0.39 is 17.9 Å². The van der Waals surface area contributed by atoms with Crippen molar-refractivity contribution in [3.05, 3.63) is 71.5 Å². The van der Waals surface area contributed by atoms with E-state index in [0.29, 0.717) is 13.0 Å². The van der Waals surface area contributed by atoms with Crippen molar-refractivity contribution in [2.45, 2.75) is 30.9 Å². The molecule has 29 heavy (non-hydrogen) atoms. The van der Waals surface area contributed by atoms with Crippen LogP contribution in [0.3, 0.4) is 0 Å². The Kier molecular flexibility index (Phi) is 3.32. The van der Waals surface area contributed by atoms with Crippen LogP contribution in [0, 0.1) is 0 Å². The Morgan fingerprint density at radius 3 is 2.52 bits per heavy atom. The second-order valence-electron chi connectivity index (χ2n) is 7.92. The summed E-state index contributed by atoms with van der Waals surface area (Å²) in [5.41, 5.74) is 4.47. The van der Waals surface area contributed by atoms with Gasteiger partial charge in [0, 0.05) is 40.8 Å². The smallest absolute Gasteiger partial charge is 0.235 e. The van der Waals surface area contributed by atoms with Crippen molar-refractivity contribution >= 4 is 33.6 Å². The van der Waals surface area contributed by atoms with Crippen molar-refractivity contribution in [3.63, 3.8) is 0 Å². The molecule has 4 heterocycles. The van der Waals surface area contributed by atoms with Crippen LogP contribution in [0.5, 0.6) is 0 Å². The SMILES string of the molecule is O=C1NC(=O)[C@H](c2cn3c4c(cccc24)[C@@H](O)CC3)[C@H]1c1c[nH]c2ccccc12. The molecule has 6 rings (SSSR count). The molecule has 2 aliphatic rings. The summed E-state index contributed by atoms with van der Waals surface area (Å²) in [5, 5.41) is 14.8. The predicted molar refractivity (Wildman–Crippen MR) is 108 cm³/mol. The minimum atomic E-state index is -0.601. The van der Waals surface area contributed by atoms with Crippen LogP contribution in [-0.2, 0) is 16.1 Å². The quantitative estimate of drug-likeness (QED) is 0.464.